The molecule has 14 heavy (non-hydrogen) atoms. The van der Waals surface area contributed by atoms with Crippen LogP contribution >= 0.6 is 35.8 Å². The molecule has 0 spiro atoms. The summed E-state index contributed by atoms with van der Waals surface area (Å²) in [5.74, 6) is 0.423. The molecule has 1 aliphatic rings. The Balaban J connectivity index is 2.33. The third-order valence-electron chi connectivity index (χ3n) is 1.66. The maximum absolute atomic E-state index is 5.96. The molecule has 1 aromatic carbocycles. The molecular formula is C8H6Cl2N2OS. The SMILES string of the molecule is SC1NN=C(c2ccc(Cl)cc2Cl)O1. The molecule has 1 heterocycles. The number of ether oxygens (including phenoxy) is 1. The zero-order valence-corrected chi connectivity index (χ0v) is 9.27. The fraction of sp³-hybridized carbons (Fsp3) is 0.125. The predicted octanol–water partition coefficient (Wildman–Crippen LogP) is 2.49. The summed E-state index contributed by atoms with van der Waals surface area (Å²) in [7, 11) is 0. The minimum Gasteiger partial charge on any atom is -0.441 e. The summed E-state index contributed by atoms with van der Waals surface area (Å²) in [6, 6.07) is 5.10. The van der Waals surface area contributed by atoms with E-state index in [4.69, 9.17) is 27.9 Å². The van der Waals surface area contributed by atoms with Crippen molar-refractivity contribution in [2.24, 2.45) is 5.10 Å². The van der Waals surface area contributed by atoms with Gasteiger partial charge in [-0.25, -0.2) is 0 Å². The fourth-order valence-corrected chi connectivity index (χ4v) is 1.71. The Bertz CT molecular complexity index is 397. The van der Waals surface area contributed by atoms with Crippen LogP contribution in [0.2, 0.25) is 10.0 Å². The summed E-state index contributed by atoms with van der Waals surface area (Å²) in [5.41, 5.74) is 2.92. The highest BCUT2D eigenvalue weighted by molar-refractivity contribution is 7.80. The molecule has 0 saturated carbocycles. The van der Waals surface area contributed by atoms with Gasteiger partial charge in [-0.05, 0) is 18.2 Å². The summed E-state index contributed by atoms with van der Waals surface area (Å²) in [6.45, 7) is 0. The zero-order chi connectivity index (χ0) is 10.1. The molecule has 1 aromatic rings. The molecule has 0 bridgehead atoms. The molecule has 0 amide bonds. The van der Waals surface area contributed by atoms with Gasteiger partial charge in [0.05, 0.1) is 10.6 Å². The Morgan fingerprint density at radius 1 is 1.43 bits per heavy atom. The molecule has 74 valence electrons. The van der Waals surface area contributed by atoms with Gasteiger partial charge in [0.2, 0.25) is 11.5 Å². The first-order valence-corrected chi connectivity index (χ1v) is 5.07. The van der Waals surface area contributed by atoms with Crippen molar-refractivity contribution in [2.45, 2.75) is 5.56 Å². The van der Waals surface area contributed by atoms with Crippen LogP contribution in [0.25, 0.3) is 0 Å². The Morgan fingerprint density at radius 2 is 2.21 bits per heavy atom. The van der Waals surface area contributed by atoms with Crippen molar-refractivity contribution in [3.8, 4) is 0 Å². The number of nitrogens with one attached hydrogen (secondary N) is 1. The van der Waals surface area contributed by atoms with Crippen molar-refractivity contribution < 1.29 is 4.74 Å². The molecule has 0 aromatic heterocycles. The molecule has 0 radical (unpaired) electrons. The summed E-state index contributed by atoms with van der Waals surface area (Å²) < 4.78 is 5.24. The van der Waals surface area contributed by atoms with Crippen molar-refractivity contribution >= 4 is 41.7 Å². The molecule has 2 rings (SSSR count). The lowest BCUT2D eigenvalue weighted by atomic mass is 10.2. The van der Waals surface area contributed by atoms with Gasteiger partial charge >= 0.3 is 0 Å². The molecular weight excluding hydrogens is 243 g/mol. The Morgan fingerprint density at radius 3 is 2.79 bits per heavy atom. The van der Waals surface area contributed by atoms with E-state index in [2.05, 4.69) is 23.2 Å². The third kappa shape index (κ3) is 1.92. The van der Waals surface area contributed by atoms with E-state index in [1.54, 1.807) is 18.2 Å². The van der Waals surface area contributed by atoms with Gasteiger partial charge in [0.25, 0.3) is 0 Å². The van der Waals surface area contributed by atoms with E-state index in [0.29, 0.717) is 21.5 Å². The number of hydrazone groups is 1. The van der Waals surface area contributed by atoms with Gasteiger partial charge in [-0.1, -0.05) is 23.2 Å². The quantitative estimate of drug-likeness (QED) is 0.750. The Labute approximate surface area is 96.4 Å². The molecule has 0 fully saturated rings. The standard InChI is InChI=1S/C8H6Cl2N2OS/c9-4-1-2-5(6(10)3-4)7-11-12-8(14)13-7/h1-3,8,12,14H. The lowest BCUT2D eigenvalue weighted by molar-refractivity contribution is 0.282. The smallest absolute Gasteiger partial charge is 0.242 e. The lowest BCUT2D eigenvalue weighted by Crippen LogP contribution is -2.13. The average molecular weight is 249 g/mol. The third-order valence-corrected chi connectivity index (χ3v) is 2.43. The molecule has 1 N–H and O–H groups in total. The number of benzene rings is 1. The number of rotatable bonds is 1. The van der Waals surface area contributed by atoms with E-state index in [1.807, 2.05) is 0 Å². The second-order valence-electron chi connectivity index (χ2n) is 2.64. The van der Waals surface area contributed by atoms with Gasteiger partial charge in [-0.2, -0.15) is 0 Å². The maximum Gasteiger partial charge on any atom is 0.242 e. The van der Waals surface area contributed by atoms with Crippen LogP contribution in [-0.4, -0.2) is 11.5 Å². The number of nitrogens with zero attached hydrogens (tertiary/aromatic N) is 1. The topological polar surface area (TPSA) is 33.6 Å². The average Bonchev–Trinajstić information content (AvgIpc) is 2.51. The van der Waals surface area contributed by atoms with Crippen LogP contribution in [-0.2, 0) is 4.74 Å². The van der Waals surface area contributed by atoms with Crippen LogP contribution in [0.15, 0.2) is 23.3 Å². The second-order valence-corrected chi connectivity index (χ2v) is 3.95. The predicted molar refractivity (Wildman–Crippen MR) is 60.0 cm³/mol. The molecule has 3 nitrogen and oxygen atoms in total. The summed E-state index contributed by atoms with van der Waals surface area (Å²) in [4.78, 5) is 0. The van der Waals surface area contributed by atoms with Crippen molar-refractivity contribution in [3.63, 3.8) is 0 Å². The summed E-state index contributed by atoms with van der Waals surface area (Å²) >= 11 is 15.8. The van der Waals surface area contributed by atoms with Crippen molar-refractivity contribution in [3.05, 3.63) is 33.8 Å². The van der Waals surface area contributed by atoms with Crippen LogP contribution in [0.5, 0.6) is 0 Å². The van der Waals surface area contributed by atoms with E-state index in [9.17, 15) is 0 Å². The normalized spacial score (nSPS) is 19.9. The lowest BCUT2D eigenvalue weighted by Gasteiger charge is -2.05. The van der Waals surface area contributed by atoms with Crippen LogP contribution in [0.1, 0.15) is 5.56 Å². The highest BCUT2D eigenvalue weighted by Gasteiger charge is 2.19. The molecule has 0 aliphatic carbocycles. The molecule has 0 saturated heterocycles. The summed E-state index contributed by atoms with van der Waals surface area (Å²) in [6.07, 6.45) is 0. The van der Waals surface area contributed by atoms with E-state index in [0.717, 1.165) is 0 Å². The zero-order valence-electron chi connectivity index (χ0n) is 6.87. The highest BCUT2D eigenvalue weighted by Crippen LogP contribution is 2.23. The van der Waals surface area contributed by atoms with E-state index in [-0.39, 0.29) is 0 Å². The highest BCUT2D eigenvalue weighted by atomic mass is 35.5. The molecule has 1 unspecified atom stereocenters. The van der Waals surface area contributed by atoms with Gasteiger partial charge in [0.1, 0.15) is 0 Å². The van der Waals surface area contributed by atoms with Gasteiger partial charge in [-0.3, -0.25) is 5.43 Å². The maximum atomic E-state index is 5.96. The number of thiol groups is 1. The van der Waals surface area contributed by atoms with Crippen LogP contribution in [0.4, 0.5) is 0 Å². The van der Waals surface area contributed by atoms with Gasteiger partial charge in [0, 0.05) is 5.02 Å². The Hall–Kier alpha value is -0.580. The monoisotopic (exact) mass is 248 g/mol. The molecule has 1 aliphatic heterocycles. The van der Waals surface area contributed by atoms with Gasteiger partial charge < -0.3 is 4.74 Å². The molecule has 1 atom stereocenters. The molecule has 6 heteroatoms. The van der Waals surface area contributed by atoms with E-state index in [1.165, 1.54) is 0 Å². The first kappa shape index (κ1) is 9.96. The number of hydrogen-bond acceptors (Lipinski definition) is 4. The Kier molecular flexibility index (Phi) is 2.76. The van der Waals surface area contributed by atoms with Gasteiger partial charge in [-0.15, -0.1) is 17.7 Å². The largest absolute Gasteiger partial charge is 0.441 e. The minimum atomic E-state index is -0.420. The van der Waals surface area contributed by atoms with Gasteiger partial charge in [0.15, 0.2) is 0 Å². The van der Waals surface area contributed by atoms with Crippen LogP contribution in [0.3, 0.4) is 0 Å². The van der Waals surface area contributed by atoms with E-state index >= 15 is 0 Å². The first-order chi connectivity index (χ1) is 6.66. The number of hydrogen-bond donors (Lipinski definition) is 2. The fourth-order valence-electron chi connectivity index (χ4n) is 1.06. The van der Waals surface area contributed by atoms with Crippen molar-refractivity contribution in [1.29, 1.82) is 0 Å². The minimum absolute atomic E-state index is 0.420. The van der Waals surface area contributed by atoms with Crippen LogP contribution in [0, 0.1) is 0 Å². The first-order valence-electron chi connectivity index (χ1n) is 3.80. The van der Waals surface area contributed by atoms with Crippen molar-refractivity contribution in [1.82, 2.24) is 5.43 Å². The summed E-state index contributed by atoms with van der Waals surface area (Å²) in [5, 5.41) is 5.00. The second kappa shape index (κ2) is 3.88. The van der Waals surface area contributed by atoms with Crippen LogP contribution < -0.4 is 5.43 Å². The van der Waals surface area contributed by atoms with E-state index < -0.39 is 5.56 Å². The number of halogens is 2. The van der Waals surface area contributed by atoms with Crippen molar-refractivity contribution in [2.75, 3.05) is 0 Å².